The molecule has 1 aromatic heterocycles. The molecule has 0 saturated carbocycles. The highest BCUT2D eigenvalue weighted by Crippen LogP contribution is 2.30. The highest BCUT2D eigenvalue weighted by Gasteiger charge is 2.27. The number of anilines is 3. The Morgan fingerprint density at radius 2 is 1.69 bits per heavy atom. The molecular formula is C37H42N10O6S. The predicted molar refractivity (Wildman–Crippen MR) is 210 cm³/mol. The molecule has 0 bridgehead atoms. The number of nitrogens with two attached hydrogens (primary N) is 2. The van der Waals surface area contributed by atoms with E-state index in [4.69, 9.17) is 11.5 Å². The first-order valence-electron chi connectivity index (χ1n) is 17.5. The summed E-state index contributed by atoms with van der Waals surface area (Å²) in [6, 6.07) is 14.3. The molecular weight excluding hydrogens is 713 g/mol. The van der Waals surface area contributed by atoms with Crippen LogP contribution in [0.25, 0.3) is 10.4 Å². The van der Waals surface area contributed by atoms with Gasteiger partial charge in [-0.3, -0.25) is 24.2 Å². The molecule has 0 saturated heterocycles. The number of thiophene rings is 1. The number of aliphatic carboxylic acids is 1. The summed E-state index contributed by atoms with van der Waals surface area (Å²) in [5.41, 5.74) is 14.6. The number of carbonyl (C=O) groups excluding carboxylic acids is 4. The molecule has 0 fully saturated rings. The van der Waals surface area contributed by atoms with E-state index in [2.05, 4.69) is 41.2 Å². The molecule has 16 nitrogen and oxygen atoms in total. The van der Waals surface area contributed by atoms with Gasteiger partial charge in [0.1, 0.15) is 12.1 Å². The second-order valence-corrected chi connectivity index (χ2v) is 13.5. The van der Waals surface area contributed by atoms with E-state index in [-0.39, 0.29) is 47.7 Å². The number of amides is 4. The van der Waals surface area contributed by atoms with Crippen LogP contribution in [-0.4, -0.2) is 83.6 Å². The van der Waals surface area contributed by atoms with E-state index < -0.39 is 29.9 Å². The second-order valence-electron chi connectivity index (χ2n) is 12.6. The highest BCUT2D eigenvalue weighted by molar-refractivity contribution is 7.13. The molecule has 0 radical (unpaired) electrons. The van der Waals surface area contributed by atoms with Crippen molar-refractivity contribution in [3.8, 4) is 10.4 Å². The van der Waals surface area contributed by atoms with Crippen molar-refractivity contribution < 1.29 is 29.1 Å². The molecule has 54 heavy (non-hydrogen) atoms. The zero-order valence-corrected chi connectivity index (χ0v) is 30.2. The molecule has 3 aromatic rings. The topological polar surface area (TPSA) is 255 Å². The van der Waals surface area contributed by atoms with Gasteiger partial charge in [-0.25, -0.2) is 9.79 Å². The SMILES string of the molecule is NC1=NC(=O)C2=NC(CNc3ccc(C(=O)N[C@@H](CCC(=O)NCCCCCCCC(=O)Nc4cc(-c5cccs5)ccc4N)C(=O)O)cc3)C=NC2=N1. The lowest BCUT2D eigenvalue weighted by Crippen LogP contribution is -2.41. The van der Waals surface area contributed by atoms with Crippen LogP contribution in [0.1, 0.15) is 61.7 Å². The Morgan fingerprint density at radius 1 is 0.907 bits per heavy atom. The lowest BCUT2D eigenvalue weighted by molar-refractivity contribution is -0.139. The number of nitrogen functional groups attached to an aromatic ring is 1. The van der Waals surface area contributed by atoms with Gasteiger partial charge in [0.25, 0.3) is 5.91 Å². The predicted octanol–water partition coefficient (Wildman–Crippen LogP) is 3.62. The fourth-order valence-electron chi connectivity index (χ4n) is 5.56. The summed E-state index contributed by atoms with van der Waals surface area (Å²) >= 11 is 1.62. The van der Waals surface area contributed by atoms with Crippen molar-refractivity contribution >= 4 is 81.7 Å². The van der Waals surface area contributed by atoms with Crippen LogP contribution >= 0.6 is 11.3 Å². The van der Waals surface area contributed by atoms with Crippen LogP contribution in [0.4, 0.5) is 17.1 Å². The number of nitrogens with zero attached hydrogens (tertiary/aromatic N) is 4. The van der Waals surface area contributed by atoms with E-state index >= 15 is 0 Å². The monoisotopic (exact) mass is 754 g/mol. The molecule has 5 rings (SSSR count). The Hall–Kier alpha value is -6.23. The Bertz CT molecular complexity index is 1970. The summed E-state index contributed by atoms with van der Waals surface area (Å²) in [5.74, 6) is -2.87. The van der Waals surface area contributed by atoms with Crippen molar-refractivity contribution in [1.29, 1.82) is 0 Å². The van der Waals surface area contributed by atoms with Crippen LogP contribution in [0.5, 0.6) is 0 Å². The maximum atomic E-state index is 12.8. The first-order valence-corrected chi connectivity index (χ1v) is 18.4. The van der Waals surface area contributed by atoms with Crippen molar-refractivity contribution in [2.24, 2.45) is 25.7 Å². The van der Waals surface area contributed by atoms with Gasteiger partial charge in [0.15, 0.2) is 11.5 Å². The van der Waals surface area contributed by atoms with Crippen molar-refractivity contribution in [3.63, 3.8) is 0 Å². The van der Waals surface area contributed by atoms with E-state index in [9.17, 15) is 29.1 Å². The smallest absolute Gasteiger partial charge is 0.326 e. The molecule has 17 heteroatoms. The van der Waals surface area contributed by atoms with Gasteiger partial charge >= 0.3 is 11.9 Å². The summed E-state index contributed by atoms with van der Waals surface area (Å²) < 4.78 is 0. The number of carboxylic acid groups (broad SMARTS) is 1. The van der Waals surface area contributed by atoms with Gasteiger partial charge in [0.05, 0.1) is 11.4 Å². The van der Waals surface area contributed by atoms with Gasteiger partial charge in [0.2, 0.25) is 17.8 Å². The summed E-state index contributed by atoms with van der Waals surface area (Å²) in [6.45, 7) is 0.743. The third-order valence-electron chi connectivity index (χ3n) is 8.48. The van der Waals surface area contributed by atoms with E-state index in [1.165, 1.54) is 18.3 Å². The summed E-state index contributed by atoms with van der Waals surface area (Å²) in [5, 5.41) is 23.0. The van der Waals surface area contributed by atoms with Crippen LogP contribution in [-0.2, 0) is 19.2 Å². The molecule has 1 unspecified atom stereocenters. The fourth-order valence-corrected chi connectivity index (χ4v) is 6.29. The molecule has 282 valence electrons. The maximum Gasteiger partial charge on any atom is 0.326 e. The number of rotatable bonds is 19. The molecule has 4 amide bonds. The van der Waals surface area contributed by atoms with Gasteiger partial charge in [-0.2, -0.15) is 9.98 Å². The Balaban J connectivity index is 0.929. The van der Waals surface area contributed by atoms with Crippen LogP contribution in [0.2, 0.25) is 0 Å². The zero-order valence-electron chi connectivity index (χ0n) is 29.4. The van der Waals surface area contributed by atoms with Crippen molar-refractivity contribution in [3.05, 3.63) is 65.5 Å². The normalized spacial score (nSPS) is 15.2. The standard InChI is InChI=1S/C37H42N10O6S/c38-26-14-11-23(29-7-6-18-54-29)19-28(26)44-31(49)8-4-2-1-3-5-17-40-30(48)16-15-27(36(52)53)45-34(50)22-9-12-24(13-10-22)41-20-25-21-42-33-32(43-25)35(51)47-37(39)46-33/h6-7,9-14,18-19,21,25,27,41H,1-5,8,15-17,20,38H2,(H,40,48)(H,44,49)(H,45,50)(H,52,53)(H2,39,47,51)/t25?,27-/m0/s1. The third kappa shape index (κ3) is 11.4. The number of aliphatic imine (C=N–C) groups is 4. The largest absolute Gasteiger partial charge is 0.480 e. The minimum atomic E-state index is -1.25. The molecule has 2 aliphatic heterocycles. The second kappa shape index (κ2) is 19.0. The fraction of sp³-hybridized carbons (Fsp3) is 0.324. The molecule has 2 aromatic carbocycles. The number of carboxylic acids is 1. The van der Waals surface area contributed by atoms with Crippen LogP contribution in [0.3, 0.4) is 0 Å². The minimum Gasteiger partial charge on any atom is -0.480 e. The number of amidine groups is 1. The number of fused-ring (bicyclic) bond motifs is 1. The Labute approximate surface area is 315 Å². The van der Waals surface area contributed by atoms with Crippen LogP contribution in [0, 0.1) is 0 Å². The van der Waals surface area contributed by atoms with Gasteiger partial charge in [0, 0.05) is 48.3 Å². The molecule has 2 atom stereocenters. The Kier molecular flexibility index (Phi) is 13.7. The number of benzene rings is 2. The van der Waals surface area contributed by atoms with Crippen LogP contribution < -0.4 is 32.7 Å². The molecule has 9 N–H and O–H groups in total. The molecule has 0 spiro atoms. The number of guanidine groups is 1. The lowest BCUT2D eigenvalue weighted by atomic mass is 10.1. The third-order valence-corrected chi connectivity index (χ3v) is 9.40. The van der Waals surface area contributed by atoms with E-state index in [0.29, 0.717) is 36.6 Å². The molecule has 3 heterocycles. The summed E-state index contributed by atoms with van der Waals surface area (Å²) in [6.07, 6.45) is 5.89. The van der Waals surface area contributed by atoms with Crippen molar-refractivity contribution in [1.82, 2.24) is 10.6 Å². The number of nitrogens with one attached hydrogen (secondary N) is 4. The summed E-state index contributed by atoms with van der Waals surface area (Å²) in [4.78, 5) is 78.6. The zero-order chi connectivity index (χ0) is 38.5. The van der Waals surface area contributed by atoms with E-state index in [1.54, 1.807) is 29.5 Å². The average molecular weight is 755 g/mol. The van der Waals surface area contributed by atoms with E-state index in [1.807, 2.05) is 29.6 Å². The minimum absolute atomic E-state index is 0.0396. The van der Waals surface area contributed by atoms with Crippen molar-refractivity contribution in [2.45, 2.75) is 63.5 Å². The highest BCUT2D eigenvalue weighted by atomic mass is 32.1. The molecule has 0 aliphatic carbocycles. The van der Waals surface area contributed by atoms with Gasteiger partial charge in [-0.15, -0.1) is 11.3 Å². The lowest BCUT2D eigenvalue weighted by Gasteiger charge is -2.17. The summed E-state index contributed by atoms with van der Waals surface area (Å²) in [7, 11) is 0. The molecule has 2 aliphatic rings. The first kappa shape index (κ1) is 39.0. The number of hydrogen-bond donors (Lipinski definition) is 7. The van der Waals surface area contributed by atoms with Crippen molar-refractivity contribution in [2.75, 3.05) is 29.5 Å². The van der Waals surface area contributed by atoms with E-state index in [0.717, 1.165) is 42.5 Å². The maximum absolute atomic E-state index is 12.8. The average Bonchev–Trinajstić information content (AvgIpc) is 3.70. The van der Waals surface area contributed by atoms with Gasteiger partial charge < -0.3 is 37.8 Å². The Morgan fingerprint density at radius 3 is 2.44 bits per heavy atom. The number of unbranched alkanes of at least 4 members (excludes halogenated alkanes) is 4. The van der Waals surface area contributed by atoms with Gasteiger partial charge in [-0.05, 0) is 72.7 Å². The van der Waals surface area contributed by atoms with Crippen LogP contribution in [0.15, 0.2) is 79.9 Å². The quantitative estimate of drug-likeness (QED) is 0.0696. The van der Waals surface area contributed by atoms with Gasteiger partial charge in [-0.1, -0.05) is 31.4 Å². The number of hydrogen-bond acceptors (Lipinski definition) is 12. The number of carbonyl (C=O) groups is 5. The first-order chi connectivity index (χ1) is 26.0.